The Kier molecular flexibility index (Phi) is 5.97. The summed E-state index contributed by atoms with van der Waals surface area (Å²) in [5.74, 6) is -0.731. The summed E-state index contributed by atoms with van der Waals surface area (Å²) in [6, 6.07) is 17.0. The quantitative estimate of drug-likeness (QED) is 0.219. The fraction of sp³-hybridized carbons (Fsp3) is 0.179. The van der Waals surface area contributed by atoms with Gasteiger partial charge in [-0.05, 0) is 60.9 Å². The van der Waals surface area contributed by atoms with Gasteiger partial charge in [0.2, 0.25) is 0 Å². The summed E-state index contributed by atoms with van der Waals surface area (Å²) in [4.78, 5) is 33.0. The van der Waals surface area contributed by atoms with Gasteiger partial charge in [-0.15, -0.1) is 0 Å². The van der Waals surface area contributed by atoms with E-state index in [1.54, 1.807) is 55.6 Å². The van der Waals surface area contributed by atoms with E-state index in [0.717, 1.165) is 21.3 Å². The SMILES string of the molecule is COc1cccc(C(O)=C2C(=O)C(=O)N(c3nc4c(C)cc(C)cc4s3)[C@H]2c2cccc(OC)c2)c1. The Morgan fingerprint density at radius 2 is 1.67 bits per heavy atom. The number of aryl methyl sites for hydroxylation is 2. The number of carbonyl (C=O) groups is 2. The van der Waals surface area contributed by atoms with E-state index in [0.29, 0.717) is 27.8 Å². The number of ether oxygens (including phenoxy) is 2. The number of hydrogen-bond acceptors (Lipinski definition) is 7. The number of aliphatic hydroxyl groups is 1. The predicted octanol–water partition coefficient (Wildman–Crippen LogP) is 5.56. The summed E-state index contributed by atoms with van der Waals surface area (Å²) >= 11 is 1.34. The van der Waals surface area contributed by atoms with Crippen molar-refractivity contribution in [2.75, 3.05) is 19.1 Å². The fourth-order valence-electron chi connectivity index (χ4n) is 4.54. The minimum atomic E-state index is -0.895. The molecule has 182 valence electrons. The van der Waals surface area contributed by atoms with Crippen LogP contribution < -0.4 is 14.4 Å². The number of anilines is 1. The first kappa shape index (κ1) is 23.6. The highest BCUT2D eigenvalue weighted by Gasteiger charge is 2.48. The number of nitrogens with zero attached hydrogens (tertiary/aromatic N) is 2. The minimum absolute atomic E-state index is 0.0198. The zero-order valence-corrected chi connectivity index (χ0v) is 21.1. The molecule has 2 heterocycles. The molecule has 0 aliphatic carbocycles. The van der Waals surface area contributed by atoms with E-state index >= 15 is 0 Å². The van der Waals surface area contributed by atoms with Crippen LogP contribution in [0.15, 0.2) is 66.2 Å². The van der Waals surface area contributed by atoms with Gasteiger partial charge in [0, 0.05) is 5.56 Å². The largest absolute Gasteiger partial charge is 0.507 e. The lowest BCUT2D eigenvalue weighted by atomic mass is 9.95. The Bertz CT molecular complexity index is 1550. The third-order valence-electron chi connectivity index (χ3n) is 6.22. The summed E-state index contributed by atoms with van der Waals surface area (Å²) in [7, 11) is 3.07. The van der Waals surface area contributed by atoms with Gasteiger partial charge in [-0.2, -0.15) is 0 Å². The number of rotatable bonds is 5. The lowest BCUT2D eigenvalue weighted by molar-refractivity contribution is -0.132. The molecular weight excluding hydrogens is 476 g/mol. The smallest absolute Gasteiger partial charge is 0.301 e. The van der Waals surface area contributed by atoms with Crippen LogP contribution in [-0.2, 0) is 9.59 Å². The van der Waals surface area contributed by atoms with E-state index in [9.17, 15) is 14.7 Å². The molecule has 1 fully saturated rings. The molecule has 1 amide bonds. The predicted molar refractivity (Wildman–Crippen MR) is 140 cm³/mol. The van der Waals surface area contributed by atoms with Crippen LogP contribution in [0.1, 0.15) is 28.3 Å². The number of fused-ring (bicyclic) bond motifs is 1. The van der Waals surface area contributed by atoms with Gasteiger partial charge in [0.05, 0.1) is 36.1 Å². The van der Waals surface area contributed by atoms with Crippen molar-refractivity contribution in [3.8, 4) is 11.5 Å². The summed E-state index contributed by atoms with van der Waals surface area (Å²) < 4.78 is 11.6. The number of methoxy groups -OCH3 is 2. The van der Waals surface area contributed by atoms with E-state index in [1.807, 2.05) is 26.0 Å². The van der Waals surface area contributed by atoms with Crippen LogP contribution in [-0.4, -0.2) is 36.0 Å². The maximum absolute atomic E-state index is 13.5. The van der Waals surface area contributed by atoms with Gasteiger partial charge in [0.1, 0.15) is 17.3 Å². The van der Waals surface area contributed by atoms with Crippen LogP contribution in [0.3, 0.4) is 0 Å². The fourth-order valence-corrected chi connectivity index (χ4v) is 5.71. The van der Waals surface area contributed by atoms with Crippen molar-refractivity contribution in [1.29, 1.82) is 0 Å². The lowest BCUT2D eigenvalue weighted by Crippen LogP contribution is -2.29. The van der Waals surface area contributed by atoms with Gasteiger partial charge in [-0.3, -0.25) is 14.5 Å². The van der Waals surface area contributed by atoms with Gasteiger partial charge in [0.25, 0.3) is 5.78 Å². The first-order chi connectivity index (χ1) is 17.3. The van der Waals surface area contributed by atoms with Crippen molar-refractivity contribution in [3.63, 3.8) is 0 Å². The third kappa shape index (κ3) is 3.89. The summed E-state index contributed by atoms with van der Waals surface area (Å²) in [5.41, 5.74) is 3.81. The Morgan fingerprint density at radius 1 is 0.972 bits per heavy atom. The second kappa shape index (κ2) is 9.13. The molecule has 1 aliphatic heterocycles. The molecule has 0 radical (unpaired) electrons. The molecule has 0 unspecified atom stereocenters. The van der Waals surface area contributed by atoms with Crippen LogP contribution in [0.2, 0.25) is 0 Å². The number of Topliss-reactive ketones (excluding diaryl/α,β-unsaturated/α-hetero) is 1. The van der Waals surface area contributed by atoms with E-state index in [2.05, 4.69) is 0 Å². The molecule has 7 nitrogen and oxygen atoms in total. The Morgan fingerprint density at radius 3 is 2.39 bits per heavy atom. The molecule has 8 heteroatoms. The first-order valence-corrected chi connectivity index (χ1v) is 12.1. The third-order valence-corrected chi connectivity index (χ3v) is 7.22. The number of aliphatic hydroxyl groups excluding tert-OH is 1. The summed E-state index contributed by atoms with van der Waals surface area (Å²) in [6.45, 7) is 3.97. The van der Waals surface area contributed by atoms with Crippen molar-refractivity contribution < 1.29 is 24.2 Å². The topological polar surface area (TPSA) is 89.0 Å². The van der Waals surface area contributed by atoms with Crippen LogP contribution in [0.4, 0.5) is 5.13 Å². The molecule has 0 bridgehead atoms. The number of amides is 1. The van der Waals surface area contributed by atoms with Crippen LogP contribution in [0.5, 0.6) is 11.5 Å². The Labute approximate surface area is 212 Å². The van der Waals surface area contributed by atoms with Crippen LogP contribution in [0, 0.1) is 13.8 Å². The number of carbonyl (C=O) groups excluding carboxylic acids is 2. The first-order valence-electron chi connectivity index (χ1n) is 11.3. The van der Waals surface area contributed by atoms with Gasteiger partial charge in [-0.1, -0.05) is 41.7 Å². The molecule has 1 atom stereocenters. The van der Waals surface area contributed by atoms with Gasteiger partial charge in [0.15, 0.2) is 5.13 Å². The normalized spacial score (nSPS) is 17.1. The van der Waals surface area contributed by atoms with Crippen molar-refractivity contribution in [3.05, 3.63) is 88.5 Å². The van der Waals surface area contributed by atoms with Crippen molar-refractivity contribution in [2.45, 2.75) is 19.9 Å². The molecule has 36 heavy (non-hydrogen) atoms. The summed E-state index contributed by atoms with van der Waals surface area (Å²) in [6.07, 6.45) is 0. The van der Waals surface area contributed by atoms with Crippen molar-refractivity contribution in [2.24, 2.45) is 0 Å². The van der Waals surface area contributed by atoms with E-state index < -0.39 is 17.7 Å². The van der Waals surface area contributed by atoms with Gasteiger partial charge < -0.3 is 14.6 Å². The average molecular weight is 501 g/mol. The molecule has 1 N–H and O–H groups in total. The number of benzene rings is 3. The number of aromatic nitrogens is 1. The van der Waals surface area contributed by atoms with Gasteiger partial charge >= 0.3 is 5.91 Å². The highest BCUT2D eigenvalue weighted by atomic mass is 32.1. The molecule has 0 saturated carbocycles. The van der Waals surface area contributed by atoms with Gasteiger partial charge in [-0.25, -0.2) is 4.98 Å². The number of thiazole rings is 1. The second-order valence-electron chi connectivity index (χ2n) is 8.60. The molecule has 1 saturated heterocycles. The molecule has 1 aliphatic rings. The Balaban J connectivity index is 1.75. The van der Waals surface area contributed by atoms with Crippen LogP contribution >= 0.6 is 11.3 Å². The standard InChI is InChI=1S/C28H24N2O5S/c1-15-11-16(2)23-21(12-15)36-28(29-23)30-24(17-7-5-9-19(13-17)34-3)22(26(32)27(30)33)25(31)18-8-6-10-20(14-18)35-4/h5-14,24,31H,1-4H3/t24-/m0/s1. The molecule has 5 rings (SSSR count). The minimum Gasteiger partial charge on any atom is -0.507 e. The van der Waals surface area contributed by atoms with E-state index in [-0.39, 0.29) is 11.3 Å². The number of ketones is 1. The molecule has 1 aromatic heterocycles. The number of hydrogen-bond donors (Lipinski definition) is 1. The van der Waals surface area contributed by atoms with E-state index in [1.165, 1.54) is 23.3 Å². The van der Waals surface area contributed by atoms with Crippen LogP contribution in [0.25, 0.3) is 16.0 Å². The Hall–Kier alpha value is -4.17. The molecular formula is C28H24N2O5S. The molecule has 0 spiro atoms. The highest BCUT2D eigenvalue weighted by Crippen LogP contribution is 2.45. The molecule has 4 aromatic rings. The zero-order valence-electron chi connectivity index (χ0n) is 20.2. The summed E-state index contributed by atoms with van der Waals surface area (Å²) in [5, 5.41) is 11.7. The zero-order chi connectivity index (χ0) is 25.6. The van der Waals surface area contributed by atoms with Crippen molar-refractivity contribution >= 4 is 44.1 Å². The van der Waals surface area contributed by atoms with Crippen molar-refractivity contribution in [1.82, 2.24) is 4.98 Å². The highest BCUT2D eigenvalue weighted by molar-refractivity contribution is 7.22. The average Bonchev–Trinajstić information content (AvgIpc) is 3.42. The van der Waals surface area contributed by atoms with E-state index in [4.69, 9.17) is 14.5 Å². The molecule has 3 aromatic carbocycles. The maximum atomic E-state index is 13.5. The monoisotopic (exact) mass is 500 g/mol. The lowest BCUT2D eigenvalue weighted by Gasteiger charge is -2.23. The second-order valence-corrected chi connectivity index (χ2v) is 9.61. The maximum Gasteiger partial charge on any atom is 0.301 e.